The van der Waals surface area contributed by atoms with Crippen molar-refractivity contribution in [1.29, 1.82) is 0 Å². The van der Waals surface area contributed by atoms with Gasteiger partial charge in [-0.25, -0.2) is 13.8 Å². The number of aromatic hydroxyl groups is 1. The van der Waals surface area contributed by atoms with Gasteiger partial charge < -0.3 is 15.2 Å². The van der Waals surface area contributed by atoms with Crippen LogP contribution >= 0.6 is 0 Å². The maximum absolute atomic E-state index is 13.4. The first-order valence-electron chi connectivity index (χ1n) is 11.3. The van der Waals surface area contributed by atoms with Gasteiger partial charge in [0.1, 0.15) is 0 Å². The molecule has 0 radical (unpaired) electrons. The molecule has 3 rings (SSSR count). The number of anilines is 1. The highest BCUT2D eigenvalue weighted by molar-refractivity contribution is 7.89. The molecule has 0 atom stereocenters. The molecule has 3 aromatic rings. The van der Waals surface area contributed by atoms with Crippen molar-refractivity contribution >= 4 is 33.7 Å². The first-order chi connectivity index (χ1) is 17.7. The molecule has 0 bridgehead atoms. The van der Waals surface area contributed by atoms with Crippen molar-refractivity contribution in [3.8, 4) is 11.5 Å². The molecule has 0 aromatic heterocycles. The molecule has 10 nitrogen and oxygen atoms in total. The number of hydrazone groups is 1. The van der Waals surface area contributed by atoms with Gasteiger partial charge in [0.15, 0.2) is 11.5 Å². The minimum absolute atomic E-state index is 0.0210. The smallest absolute Gasteiger partial charge is 0.255 e. The lowest BCUT2D eigenvalue weighted by Crippen LogP contribution is -2.40. The van der Waals surface area contributed by atoms with E-state index in [1.54, 1.807) is 18.2 Å². The molecular weight excluding hydrogens is 496 g/mol. The van der Waals surface area contributed by atoms with E-state index in [4.69, 9.17) is 4.74 Å². The van der Waals surface area contributed by atoms with E-state index in [1.165, 1.54) is 44.5 Å². The average molecular weight is 525 g/mol. The molecule has 0 unspecified atom stereocenters. The molecule has 0 aliphatic carbocycles. The number of phenols is 1. The van der Waals surface area contributed by atoms with Crippen LogP contribution in [0.1, 0.15) is 18.1 Å². The Hall–Kier alpha value is -4.22. The standard InChI is InChI=1S/C26H28N4O6S/c1-19(31)28-22-11-13-23(14-12-22)37(34,35)30(16-15-20-7-4-3-5-8-20)18-25(32)29-27-17-21-9-6-10-24(36-2)26(21)33/h3-14,17,33H,15-16,18H2,1-2H3,(H,28,31)(H,29,32)/b27-17-. The Kier molecular flexibility index (Phi) is 9.36. The maximum atomic E-state index is 13.4. The Bertz CT molecular complexity index is 1360. The van der Waals surface area contributed by atoms with Crippen LogP contribution in [-0.4, -0.2) is 56.1 Å². The van der Waals surface area contributed by atoms with Gasteiger partial charge in [0.2, 0.25) is 15.9 Å². The minimum Gasteiger partial charge on any atom is -0.504 e. The second kappa shape index (κ2) is 12.7. The lowest BCUT2D eigenvalue weighted by Gasteiger charge is -2.21. The van der Waals surface area contributed by atoms with Crippen LogP contribution in [0, 0.1) is 0 Å². The lowest BCUT2D eigenvalue weighted by molar-refractivity contribution is -0.121. The molecule has 0 spiro atoms. The molecule has 0 fully saturated rings. The largest absolute Gasteiger partial charge is 0.504 e. The zero-order chi connectivity index (χ0) is 26.8. The third-order valence-electron chi connectivity index (χ3n) is 5.27. The Morgan fingerprint density at radius 3 is 2.38 bits per heavy atom. The van der Waals surface area contributed by atoms with Crippen molar-refractivity contribution in [3.05, 3.63) is 83.9 Å². The van der Waals surface area contributed by atoms with Crippen molar-refractivity contribution in [2.24, 2.45) is 5.10 Å². The van der Waals surface area contributed by atoms with Crippen LogP contribution in [0.25, 0.3) is 0 Å². The molecule has 0 aliphatic rings. The summed E-state index contributed by atoms with van der Waals surface area (Å²) in [4.78, 5) is 23.9. The first kappa shape index (κ1) is 27.4. The van der Waals surface area contributed by atoms with Crippen LogP contribution in [0.4, 0.5) is 5.69 Å². The number of hydrogen-bond donors (Lipinski definition) is 3. The van der Waals surface area contributed by atoms with Crippen molar-refractivity contribution < 1.29 is 27.9 Å². The number of carbonyl (C=O) groups excluding carboxylic acids is 2. The fourth-order valence-electron chi connectivity index (χ4n) is 3.42. The van der Waals surface area contributed by atoms with E-state index in [9.17, 15) is 23.1 Å². The molecule has 0 saturated carbocycles. The van der Waals surface area contributed by atoms with Crippen LogP contribution in [0.2, 0.25) is 0 Å². The van der Waals surface area contributed by atoms with E-state index in [0.717, 1.165) is 9.87 Å². The summed E-state index contributed by atoms with van der Waals surface area (Å²) >= 11 is 0. The summed E-state index contributed by atoms with van der Waals surface area (Å²) in [7, 11) is -2.64. The SMILES string of the molecule is COc1cccc(/C=N\NC(=O)CN(CCc2ccccc2)S(=O)(=O)c2ccc(NC(C)=O)cc2)c1O. The van der Waals surface area contributed by atoms with Crippen molar-refractivity contribution in [3.63, 3.8) is 0 Å². The van der Waals surface area contributed by atoms with Crippen LogP contribution in [0.15, 0.2) is 82.8 Å². The molecule has 0 heterocycles. The van der Waals surface area contributed by atoms with Crippen LogP contribution in [0.3, 0.4) is 0 Å². The highest BCUT2D eigenvalue weighted by Crippen LogP contribution is 2.28. The Balaban J connectivity index is 1.76. The monoisotopic (exact) mass is 524 g/mol. The zero-order valence-corrected chi connectivity index (χ0v) is 21.2. The third-order valence-corrected chi connectivity index (χ3v) is 7.13. The number of benzene rings is 3. The van der Waals surface area contributed by atoms with Gasteiger partial charge in [-0.15, -0.1) is 0 Å². The molecule has 11 heteroatoms. The number of carbonyl (C=O) groups is 2. The number of methoxy groups -OCH3 is 1. The highest BCUT2D eigenvalue weighted by Gasteiger charge is 2.26. The second-order valence-corrected chi connectivity index (χ2v) is 9.91. The predicted octanol–water partition coefficient (Wildman–Crippen LogP) is 2.74. The van der Waals surface area contributed by atoms with E-state index in [-0.39, 0.29) is 28.8 Å². The molecule has 2 amide bonds. The second-order valence-electron chi connectivity index (χ2n) is 7.97. The van der Waals surface area contributed by atoms with Gasteiger partial charge in [0.25, 0.3) is 5.91 Å². The summed E-state index contributed by atoms with van der Waals surface area (Å²) in [6, 6.07) is 19.8. The number of hydrogen-bond acceptors (Lipinski definition) is 7. The van der Waals surface area contributed by atoms with E-state index in [0.29, 0.717) is 17.7 Å². The summed E-state index contributed by atoms with van der Waals surface area (Å²) in [5, 5.41) is 16.6. The summed E-state index contributed by atoms with van der Waals surface area (Å²) in [6.07, 6.45) is 1.62. The molecule has 194 valence electrons. The van der Waals surface area contributed by atoms with Crippen molar-refractivity contribution in [2.45, 2.75) is 18.2 Å². The average Bonchev–Trinajstić information content (AvgIpc) is 2.88. The highest BCUT2D eigenvalue weighted by atomic mass is 32.2. The Morgan fingerprint density at radius 1 is 1.03 bits per heavy atom. The summed E-state index contributed by atoms with van der Waals surface area (Å²) in [5.41, 5.74) is 3.98. The maximum Gasteiger partial charge on any atom is 0.255 e. The number of sulfonamides is 1. The normalized spacial score (nSPS) is 11.4. The molecule has 3 N–H and O–H groups in total. The first-order valence-corrected chi connectivity index (χ1v) is 12.7. The van der Waals surface area contributed by atoms with Gasteiger partial charge in [-0.1, -0.05) is 36.4 Å². The summed E-state index contributed by atoms with van der Waals surface area (Å²) < 4.78 is 32.9. The Labute approximate surface area is 215 Å². The van der Waals surface area contributed by atoms with E-state index in [1.807, 2.05) is 30.3 Å². The van der Waals surface area contributed by atoms with Crippen molar-refractivity contribution in [2.75, 3.05) is 25.5 Å². The molecule has 0 aliphatic heterocycles. The number of para-hydroxylation sites is 1. The van der Waals surface area contributed by atoms with Gasteiger partial charge in [0.05, 0.1) is 24.8 Å². The van der Waals surface area contributed by atoms with Gasteiger partial charge >= 0.3 is 0 Å². The number of nitrogens with zero attached hydrogens (tertiary/aromatic N) is 2. The molecular formula is C26H28N4O6S. The fourth-order valence-corrected chi connectivity index (χ4v) is 4.82. The lowest BCUT2D eigenvalue weighted by atomic mass is 10.1. The number of nitrogens with one attached hydrogen (secondary N) is 2. The fraction of sp³-hybridized carbons (Fsp3) is 0.192. The minimum atomic E-state index is -4.05. The van der Waals surface area contributed by atoms with E-state index >= 15 is 0 Å². The summed E-state index contributed by atoms with van der Waals surface area (Å²) in [5.74, 6) is -0.833. The van der Waals surface area contributed by atoms with Crippen LogP contribution in [0.5, 0.6) is 11.5 Å². The van der Waals surface area contributed by atoms with E-state index in [2.05, 4.69) is 15.8 Å². The topological polar surface area (TPSA) is 137 Å². The predicted molar refractivity (Wildman–Crippen MR) is 140 cm³/mol. The quantitative estimate of drug-likeness (QED) is 0.261. The molecule has 3 aromatic carbocycles. The Morgan fingerprint density at radius 2 is 1.73 bits per heavy atom. The van der Waals surface area contributed by atoms with Crippen LogP contribution in [-0.2, 0) is 26.0 Å². The van der Waals surface area contributed by atoms with E-state index < -0.39 is 22.5 Å². The molecule has 0 saturated heterocycles. The van der Waals surface area contributed by atoms with Gasteiger partial charge in [-0.05, 0) is 48.4 Å². The van der Waals surface area contributed by atoms with Crippen molar-refractivity contribution in [1.82, 2.24) is 9.73 Å². The third kappa shape index (κ3) is 7.63. The number of phenolic OH excluding ortho intramolecular Hbond substituents is 1. The molecule has 37 heavy (non-hydrogen) atoms. The summed E-state index contributed by atoms with van der Waals surface area (Å²) in [6.45, 7) is 0.921. The zero-order valence-electron chi connectivity index (χ0n) is 20.4. The number of amides is 2. The number of rotatable bonds is 11. The van der Waals surface area contributed by atoms with Crippen LogP contribution < -0.4 is 15.5 Å². The van der Waals surface area contributed by atoms with Gasteiger partial charge in [0, 0.05) is 24.7 Å². The van der Waals surface area contributed by atoms with Gasteiger partial charge in [-0.2, -0.15) is 9.41 Å². The van der Waals surface area contributed by atoms with Gasteiger partial charge in [-0.3, -0.25) is 9.59 Å². The number of ether oxygens (including phenoxy) is 1.